The first-order valence-corrected chi connectivity index (χ1v) is 17.1. The summed E-state index contributed by atoms with van der Waals surface area (Å²) in [6.45, 7) is 1.99. The summed E-state index contributed by atoms with van der Waals surface area (Å²) in [7, 11) is 0. The maximum absolute atomic E-state index is 13.7. The Morgan fingerprint density at radius 3 is 2.28 bits per heavy atom. The molecular weight excluding hydrogens is 600 g/mol. The van der Waals surface area contributed by atoms with E-state index in [2.05, 4.69) is 20.9 Å². The maximum Gasteiger partial charge on any atom is 0.296 e. The van der Waals surface area contributed by atoms with E-state index in [1.807, 2.05) is 30.3 Å². The minimum absolute atomic E-state index is 0.0965. The van der Waals surface area contributed by atoms with E-state index in [1.165, 1.54) is 31.2 Å². The van der Waals surface area contributed by atoms with Gasteiger partial charge >= 0.3 is 0 Å². The molecule has 2 heterocycles. The van der Waals surface area contributed by atoms with Crippen LogP contribution in [-0.4, -0.2) is 84.1 Å². The number of rotatable bonds is 16. The zero-order valence-corrected chi connectivity index (χ0v) is 27.3. The van der Waals surface area contributed by atoms with Crippen LogP contribution in [0.4, 0.5) is 0 Å². The minimum atomic E-state index is -1.14. The predicted molar refractivity (Wildman–Crippen MR) is 177 cm³/mol. The molecule has 2 fully saturated rings. The van der Waals surface area contributed by atoms with Crippen LogP contribution in [0.5, 0.6) is 0 Å². The number of imide groups is 1. The standard InChI is InChI=1S/C35H50N6O6/c36-28(22-26-12-4-1-5-13-26)33(44)39-24-31(42)37-25-32(43)41(35(46)30-17-11-21-47-30)29(16-10-20-40-18-8-3-9-19-40)34(45)38-23-27-14-6-2-7-15-27/h2,6-7,11,14-15,17,21,26,28-29H,1,3-5,8-10,12-13,16,18-20,22-25,36H2,(H,37,42)(H,38,45)(H,39,44)/t28-,29-/m0/s1. The quantitative estimate of drug-likeness (QED) is 0.215. The van der Waals surface area contributed by atoms with Gasteiger partial charge in [0.05, 0.1) is 25.4 Å². The number of nitrogens with two attached hydrogens (primary N) is 1. The van der Waals surface area contributed by atoms with Crippen molar-refractivity contribution in [1.82, 2.24) is 25.8 Å². The molecule has 1 aliphatic heterocycles. The fraction of sp³-hybridized carbons (Fsp3) is 0.571. The van der Waals surface area contributed by atoms with Crippen LogP contribution in [0.1, 0.15) is 86.7 Å². The van der Waals surface area contributed by atoms with Crippen molar-refractivity contribution in [2.45, 2.75) is 89.3 Å². The van der Waals surface area contributed by atoms with E-state index in [-0.39, 0.29) is 25.3 Å². The molecule has 1 saturated carbocycles. The number of furan rings is 1. The van der Waals surface area contributed by atoms with Crippen molar-refractivity contribution in [2.24, 2.45) is 11.7 Å². The van der Waals surface area contributed by atoms with Crippen molar-refractivity contribution in [1.29, 1.82) is 0 Å². The molecule has 12 nitrogen and oxygen atoms in total. The zero-order chi connectivity index (χ0) is 33.4. The summed E-state index contributed by atoms with van der Waals surface area (Å²) in [4.78, 5) is 69.5. The highest BCUT2D eigenvalue weighted by Gasteiger charge is 2.36. The summed E-state index contributed by atoms with van der Waals surface area (Å²) < 4.78 is 5.32. The lowest BCUT2D eigenvalue weighted by Gasteiger charge is -2.31. The number of amides is 5. The van der Waals surface area contributed by atoms with Crippen molar-refractivity contribution < 1.29 is 28.4 Å². The second-order valence-electron chi connectivity index (χ2n) is 12.7. The van der Waals surface area contributed by atoms with E-state index in [9.17, 15) is 24.0 Å². The smallest absolute Gasteiger partial charge is 0.296 e. The molecule has 47 heavy (non-hydrogen) atoms. The Morgan fingerprint density at radius 2 is 1.57 bits per heavy atom. The Labute approximate surface area is 277 Å². The number of piperidine rings is 1. The summed E-state index contributed by atoms with van der Waals surface area (Å²) in [5.74, 6) is -2.74. The van der Waals surface area contributed by atoms with E-state index >= 15 is 0 Å². The lowest BCUT2D eigenvalue weighted by atomic mass is 9.85. The number of hydrogen-bond donors (Lipinski definition) is 4. The number of hydrogen-bond acceptors (Lipinski definition) is 8. The van der Waals surface area contributed by atoms with Crippen molar-refractivity contribution in [3.63, 3.8) is 0 Å². The van der Waals surface area contributed by atoms with Crippen LogP contribution in [0.15, 0.2) is 53.1 Å². The van der Waals surface area contributed by atoms with Gasteiger partial charge in [0.25, 0.3) is 5.91 Å². The number of benzene rings is 1. The van der Waals surface area contributed by atoms with Gasteiger partial charge in [0, 0.05) is 6.54 Å². The van der Waals surface area contributed by atoms with Crippen LogP contribution in [-0.2, 0) is 25.7 Å². The highest BCUT2D eigenvalue weighted by atomic mass is 16.3. The Balaban J connectivity index is 1.39. The van der Waals surface area contributed by atoms with Gasteiger partial charge < -0.3 is 31.0 Å². The highest BCUT2D eigenvalue weighted by Crippen LogP contribution is 2.27. The lowest BCUT2D eigenvalue weighted by Crippen LogP contribution is -2.55. The number of nitrogens with one attached hydrogen (secondary N) is 3. The van der Waals surface area contributed by atoms with E-state index in [0.29, 0.717) is 18.8 Å². The van der Waals surface area contributed by atoms with E-state index < -0.39 is 48.2 Å². The predicted octanol–water partition coefficient (Wildman–Crippen LogP) is 2.73. The third kappa shape index (κ3) is 11.6. The average molecular weight is 651 g/mol. The number of likely N-dealkylation sites (tertiary alicyclic amines) is 1. The summed E-state index contributed by atoms with van der Waals surface area (Å²) in [5.41, 5.74) is 6.97. The van der Waals surface area contributed by atoms with Gasteiger partial charge in [-0.15, -0.1) is 0 Å². The Morgan fingerprint density at radius 1 is 0.851 bits per heavy atom. The van der Waals surface area contributed by atoms with Crippen molar-refractivity contribution in [3.05, 3.63) is 60.1 Å². The van der Waals surface area contributed by atoms with Crippen LogP contribution in [0, 0.1) is 5.92 Å². The molecule has 4 rings (SSSR count). The summed E-state index contributed by atoms with van der Waals surface area (Å²) in [6.07, 6.45) is 11.7. The fourth-order valence-electron chi connectivity index (χ4n) is 6.43. The van der Waals surface area contributed by atoms with Gasteiger partial charge in [-0.3, -0.25) is 28.9 Å². The molecule has 0 radical (unpaired) electrons. The molecule has 1 aromatic carbocycles. The first kappa shape index (κ1) is 35.8. The van der Waals surface area contributed by atoms with Crippen LogP contribution in [0.3, 0.4) is 0 Å². The monoisotopic (exact) mass is 650 g/mol. The Hall–Kier alpha value is -4.03. The Bertz CT molecular complexity index is 1290. The molecule has 2 aliphatic rings. The molecular formula is C35H50N6O6. The van der Waals surface area contributed by atoms with E-state index in [0.717, 1.165) is 68.6 Å². The molecule has 0 bridgehead atoms. The minimum Gasteiger partial charge on any atom is -0.459 e. The van der Waals surface area contributed by atoms with Gasteiger partial charge in [0.15, 0.2) is 5.76 Å². The van der Waals surface area contributed by atoms with Crippen LogP contribution in [0.25, 0.3) is 0 Å². The third-order valence-electron chi connectivity index (χ3n) is 9.05. The topological polar surface area (TPSA) is 167 Å². The molecule has 5 amide bonds. The van der Waals surface area contributed by atoms with Crippen molar-refractivity contribution in [2.75, 3.05) is 32.7 Å². The number of carbonyl (C=O) groups excluding carboxylic acids is 5. The maximum atomic E-state index is 13.7. The van der Waals surface area contributed by atoms with E-state index in [4.69, 9.17) is 10.2 Å². The lowest BCUT2D eigenvalue weighted by molar-refractivity contribution is -0.138. The molecule has 256 valence electrons. The molecule has 2 atom stereocenters. The molecule has 1 aliphatic carbocycles. The molecule has 1 saturated heterocycles. The fourth-order valence-corrected chi connectivity index (χ4v) is 6.43. The van der Waals surface area contributed by atoms with Gasteiger partial charge in [-0.2, -0.15) is 0 Å². The normalized spacial score (nSPS) is 16.9. The van der Waals surface area contributed by atoms with Gasteiger partial charge in [-0.05, 0) is 75.4 Å². The van der Waals surface area contributed by atoms with E-state index in [1.54, 1.807) is 0 Å². The van der Waals surface area contributed by atoms with Gasteiger partial charge in [-0.1, -0.05) is 68.9 Å². The SMILES string of the molecule is N[C@@H](CC1CCCCC1)C(=O)NCC(=O)NCC(=O)N(C(=O)c1ccco1)[C@@H](CCCN1CCCCC1)C(=O)NCc1ccccc1. The van der Waals surface area contributed by atoms with Crippen molar-refractivity contribution >= 4 is 29.5 Å². The largest absolute Gasteiger partial charge is 0.459 e. The zero-order valence-electron chi connectivity index (χ0n) is 27.3. The highest BCUT2D eigenvalue weighted by molar-refractivity contribution is 6.07. The summed E-state index contributed by atoms with van der Waals surface area (Å²) in [6, 6.07) is 10.5. The number of carbonyl (C=O) groups is 5. The average Bonchev–Trinajstić information content (AvgIpc) is 3.65. The first-order chi connectivity index (χ1) is 22.8. The van der Waals surface area contributed by atoms with Gasteiger partial charge in [0.2, 0.25) is 23.6 Å². The van der Waals surface area contributed by atoms with Crippen molar-refractivity contribution in [3.8, 4) is 0 Å². The summed E-state index contributed by atoms with van der Waals surface area (Å²) >= 11 is 0. The third-order valence-corrected chi connectivity index (χ3v) is 9.05. The molecule has 0 spiro atoms. The second-order valence-corrected chi connectivity index (χ2v) is 12.7. The molecule has 5 N–H and O–H groups in total. The second kappa shape index (κ2) is 19.0. The first-order valence-electron chi connectivity index (χ1n) is 17.1. The Kier molecular flexibility index (Phi) is 14.4. The van der Waals surface area contributed by atoms with Crippen LogP contribution < -0.4 is 21.7 Å². The molecule has 12 heteroatoms. The summed E-state index contributed by atoms with van der Waals surface area (Å²) in [5, 5.41) is 7.92. The van der Waals surface area contributed by atoms with Crippen LogP contribution in [0.2, 0.25) is 0 Å². The van der Waals surface area contributed by atoms with Crippen LogP contribution >= 0.6 is 0 Å². The number of nitrogens with zero attached hydrogens (tertiary/aromatic N) is 2. The molecule has 1 aromatic heterocycles. The molecule has 2 aromatic rings. The van der Waals surface area contributed by atoms with Gasteiger partial charge in [-0.25, -0.2) is 0 Å². The van der Waals surface area contributed by atoms with Gasteiger partial charge in [0.1, 0.15) is 6.04 Å². The molecule has 0 unspecified atom stereocenters.